The van der Waals surface area contributed by atoms with Crippen molar-refractivity contribution in [2.45, 2.75) is 20.0 Å². The van der Waals surface area contributed by atoms with E-state index >= 15 is 0 Å². The number of rotatable bonds is 5. The highest BCUT2D eigenvalue weighted by Crippen LogP contribution is 2.22. The predicted octanol–water partition coefficient (Wildman–Crippen LogP) is 3.16. The van der Waals surface area contributed by atoms with Gasteiger partial charge in [-0.2, -0.15) is 4.98 Å². The molecule has 4 rings (SSSR count). The van der Waals surface area contributed by atoms with Gasteiger partial charge in [-0.1, -0.05) is 23.4 Å². The number of aryl methyl sites for hydroxylation is 1. The number of hydrogen-bond donors (Lipinski definition) is 0. The van der Waals surface area contributed by atoms with Gasteiger partial charge in [0.2, 0.25) is 11.7 Å². The van der Waals surface area contributed by atoms with Gasteiger partial charge in [-0.3, -0.25) is 4.79 Å². The molecule has 0 spiro atoms. The maximum atomic E-state index is 12.7. The van der Waals surface area contributed by atoms with E-state index in [9.17, 15) is 4.79 Å². The van der Waals surface area contributed by atoms with Crippen LogP contribution in [-0.4, -0.2) is 53.2 Å². The molecule has 1 aromatic heterocycles. The van der Waals surface area contributed by atoms with Gasteiger partial charge in [0.1, 0.15) is 5.75 Å². The van der Waals surface area contributed by atoms with Gasteiger partial charge < -0.3 is 19.1 Å². The van der Waals surface area contributed by atoms with Crippen molar-refractivity contribution in [2.24, 2.45) is 0 Å². The number of amides is 1. The zero-order valence-corrected chi connectivity index (χ0v) is 16.6. The van der Waals surface area contributed by atoms with E-state index in [1.54, 1.807) is 13.8 Å². The Morgan fingerprint density at radius 1 is 1.03 bits per heavy atom. The minimum Gasteiger partial charge on any atom is -0.481 e. The molecular weight excluding hydrogens is 368 g/mol. The summed E-state index contributed by atoms with van der Waals surface area (Å²) in [5.41, 5.74) is 2.04. The van der Waals surface area contributed by atoms with E-state index in [4.69, 9.17) is 9.26 Å². The summed E-state index contributed by atoms with van der Waals surface area (Å²) >= 11 is 0. The quantitative estimate of drug-likeness (QED) is 0.664. The van der Waals surface area contributed by atoms with Crippen LogP contribution in [0.3, 0.4) is 0 Å². The third-order valence-electron chi connectivity index (χ3n) is 5.01. The number of nitrogens with zero attached hydrogens (tertiary/aromatic N) is 4. The number of ether oxygens (including phenoxy) is 1. The molecule has 0 aliphatic carbocycles. The van der Waals surface area contributed by atoms with E-state index in [0.717, 1.165) is 24.3 Å². The molecule has 0 bridgehead atoms. The lowest BCUT2D eigenvalue weighted by Crippen LogP contribution is -2.52. The second kappa shape index (κ2) is 8.34. The van der Waals surface area contributed by atoms with Crippen molar-refractivity contribution in [3.05, 3.63) is 60.5 Å². The van der Waals surface area contributed by atoms with Crippen molar-refractivity contribution in [3.63, 3.8) is 0 Å². The van der Waals surface area contributed by atoms with Crippen LogP contribution in [0.5, 0.6) is 5.75 Å². The molecule has 1 saturated heterocycles. The maximum Gasteiger partial charge on any atom is 0.263 e. The standard InChI is InChI=1S/C22H24N4O3/c1-16(28-20-6-4-3-5-7-20)22(27)26-14-12-25(13-15-26)19-10-8-18(9-11-19)21-23-17(2)29-24-21/h3-11,16H,12-15H2,1-2H3/t16-/m0/s1. The Hall–Kier alpha value is -3.35. The number of para-hydroxylation sites is 1. The summed E-state index contributed by atoms with van der Waals surface area (Å²) < 4.78 is 10.8. The molecule has 150 valence electrons. The molecule has 0 unspecified atom stereocenters. The smallest absolute Gasteiger partial charge is 0.263 e. The molecule has 1 aliphatic rings. The first-order valence-corrected chi connectivity index (χ1v) is 9.76. The lowest BCUT2D eigenvalue weighted by atomic mass is 10.1. The normalized spacial score (nSPS) is 15.2. The number of hydrogen-bond acceptors (Lipinski definition) is 6. The summed E-state index contributed by atoms with van der Waals surface area (Å²) in [5.74, 6) is 1.88. The molecule has 1 amide bonds. The third kappa shape index (κ3) is 4.39. The van der Waals surface area contributed by atoms with Crippen molar-refractivity contribution in [1.29, 1.82) is 0 Å². The monoisotopic (exact) mass is 392 g/mol. The number of benzene rings is 2. The van der Waals surface area contributed by atoms with E-state index in [1.807, 2.05) is 47.4 Å². The first-order valence-electron chi connectivity index (χ1n) is 9.76. The van der Waals surface area contributed by atoms with Crippen LogP contribution in [0.15, 0.2) is 59.1 Å². The van der Waals surface area contributed by atoms with Crippen LogP contribution in [0.1, 0.15) is 12.8 Å². The van der Waals surface area contributed by atoms with Crippen molar-refractivity contribution in [2.75, 3.05) is 31.1 Å². The van der Waals surface area contributed by atoms with Gasteiger partial charge in [0.05, 0.1) is 0 Å². The zero-order chi connectivity index (χ0) is 20.2. The van der Waals surface area contributed by atoms with E-state index in [0.29, 0.717) is 30.6 Å². The van der Waals surface area contributed by atoms with Crippen LogP contribution in [0.2, 0.25) is 0 Å². The topological polar surface area (TPSA) is 71.7 Å². The molecule has 3 aromatic rings. The SMILES string of the molecule is Cc1nc(-c2ccc(N3CCN(C(=O)[C@H](C)Oc4ccccc4)CC3)cc2)no1. The number of carbonyl (C=O) groups excluding carboxylic acids is 1. The minimum absolute atomic E-state index is 0.0244. The second-order valence-corrected chi connectivity index (χ2v) is 7.07. The highest BCUT2D eigenvalue weighted by Gasteiger charge is 2.26. The van der Waals surface area contributed by atoms with Gasteiger partial charge in [0, 0.05) is 44.4 Å². The van der Waals surface area contributed by atoms with Gasteiger partial charge in [-0.25, -0.2) is 0 Å². The summed E-state index contributed by atoms with van der Waals surface area (Å²) in [6, 6.07) is 17.5. The third-order valence-corrected chi connectivity index (χ3v) is 5.01. The molecule has 2 aromatic carbocycles. The highest BCUT2D eigenvalue weighted by molar-refractivity contribution is 5.81. The summed E-state index contributed by atoms with van der Waals surface area (Å²) in [4.78, 5) is 21.1. The summed E-state index contributed by atoms with van der Waals surface area (Å²) in [6.45, 7) is 6.49. The lowest BCUT2D eigenvalue weighted by molar-refractivity contribution is -0.138. The van der Waals surface area contributed by atoms with Crippen molar-refractivity contribution < 1.29 is 14.1 Å². The first kappa shape index (κ1) is 19.0. The fraction of sp³-hybridized carbons (Fsp3) is 0.318. The maximum absolute atomic E-state index is 12.7. The van der Waals surface area contributed by atoms with E-state index < -0.39 is 6.10 Å². The molecule has 7 nitrogen and oxygen atoms in total. The highest BCUT2D eigenvalue weighted by atomic mass is 16.5. The van der Waals surface area contributed by atoms with Gasteiger partial charge in [-0.05, 0) is 43.3 Å². The Labute approximate surface area is 169 Å². The fourth-order valence-corrected chi connectivity index (χ4v) is 3.43. The van der Waals surface area contributed by atoms with Crippen molar-refractivity contribution in [3.8, 4) is 17.1 Å². The van der Waals surface area contributed by atoms with Gasteiger partial charge in [-0.15, -0.1) is 0 Å². The summed E-state index contributed by atoms with van der Waals surface area (Å²) in [7, 11) is 0. The van der Waals surface area contributed by atoms with Crippen LogP contribution in [0.25, 0.3) is 11.4 Å². The Balaban J connectivity index is 1.32. The predicted molar refractivity (Wildman–Crippen MR) is 110 cm³/mol. The molecule has 7 heteroatoms. The van der Waals surface area contributed by atoms with E-state index in [1.165, 1.54) is 0 Å². The molecule has 2 heterocycles. The Morgan fingerprint density at radius 2 is 1.72 bits per heavy atom. The lowest BCUT2D eigenvalue weighted by Gasteiger charge is -2.37. The van der Waals surface area contributed by atoms with Crippen LogP contribution < -0.4 is 9.64 Å². The van der Waals surface area contributed by atoms with Crippen LogP contribution >= 0.6 is 0 Å². The number of piperazine rings is 1. The zero-order valence-electron chi connectivity index (χ0n) is 16.6. The van der Waals surface area contributed by atoms with Crippen LogP contribution in [0, 0.1) is 6.92 Å². The van der Waals surface area contributed by atoms with Crippen molar-refractivity contribution in [1.82, 2.24) is 15.0 Å². The Morgan fingerprint density at radius 3 is 2.34 bits per heavy atom. The molecule has 1 aliphatic heterocycles. The van der Waals surface area contributed by atoms with Gasteiger partial charge in [0.15, 0.2) is 6.10 Å². The van der Waals surface area contributed by atoms with E-state index in [-0.39, 0.29) is 5.91 Å². The average Bonchev–Trinajstić information content (AvgIpc) is 3.20. The molecule has 0 radical (unpaired) electrons. The molecular formula is C22H24N4O3. The van der Waals surface area contributed by atoms with Crippen LogP contribution in [-0.2, 0) is 4.79 Å². The molecule has 0 N–H and O–H groups in total. The van der Waals surface area contributed by atoms with Crippen LogP contribution in [0.4, 0.5) is 5.69 Å². The second-order valence-electron chi connectivity index (χ2n) is 7.07. The number of carbonyl (C=O) groups is 1. The van der Waals surface area contributed by atoms with Gasteiger partial charge >= 0.3 is 0 Å². The summed E-state index contributed by atoms with van der Waals surface area (Å²) in [5, 5.41) is 3.95. The Bertz CT molecular complexity index is 948. The Kier molecular flexibility index (Phi) is 5.46. The minimum atomic E-state index is -0.498. The number of anilines is 1. The number of aromatic nitrogens is 2. The molecule has 29 heavy (non-hydrogen) atoms. The summed E-state index contributed by atoms with van der Waals surface area (Å²) in [6.07, 6.45) is -0.498. The fourth-order valence-electron chi connectivity index (χ4n) is 3.43. The van der Waals surface area contributed by atoms with Crippen molar-refractivity contribution >= 4 is 11.6 Å². The average molecular weight is 392 g/mol. The van der Waals surface area contributed by atoms with Gasteiger partial charge in [0.25, 0.3) is 5.91 Å². The molecule has 1 fully saturated rings. The first-order chi connectivity index (χ1) is 14.1. The molecule has 1 atom stereocenters. The largest absolute Gasteiger partial charge is 0.481 e. The molecule has 0 saturated carbocycles. The van der Waals surface area contributed by atoms with E-state index in [2.05, 4.69) is 27.2 Å².